The number of anilines is 1. The van der Waals surface area contributed by atoms with E-state index >= 15 is 0 Å². The van der Waals surface area contributed by atoms with Crippen molar-refractivity contribution in [1.82, 2.24) is 9.78 Å². The third kappa shape index (κ3) is 2.85. The standard InChI is InChI=1S/C12H13BrFN3/c1-2-17-8-9(7-16-17)6-15-12-10(13)4-3-5-11(12)14/h3-5,7-8,15H,2,6H2,1H3. The Labute approximate surface area is 108 Å². The number of aromatic nitrogens is 2. The maximum Gasteiger partial charge on any atom is 0.147 e. The number of aryl methyl sites for hydroxylation is 1. The fourth-order valence-corrected chi connectivity index (χ4v) is 2.01. The summed E-state index contributed by atoms with van der Waals surface area (Å²) in [5.41, 5.74) is 1.51. The Bertz CT molecular complexity index is 490. The zero-order chi connectivity index (χ0) is 12.3. The van der Waals surface area contributed by atoms with Crippen LogP contribution in [0.3, 0.4) is 0 Å². The summed E-state index contributed by atoms with van der Waals surface area (Å²) in [6, 6.07) is 4.91. The van der Waals surface area contributed by atoms with Gasteiger partial charge in [0, 0.05) is 29.3 Å². The molecule has 0 aliphatic heterocycles. The highest BCUT2D eigenvalue weighted by Crippen LogP contribution is 2.25. The Hall–Kier alpha value is -1.36. The van der Waals surface area contributed by atoms with Crippen molar-refractivity contribution >= 4 is 21.6 Å². The highest BCUT2D eigenvalue weighted by molar-refractivity contribution is 9.10. The fraction of sp³-hybridized carbons (Fsp3) is 0.250. The Morgan fingerprint density at radius 1 is 1.47 bits per heavy atom. The van der Waals surface area contributed by atoms with Gasteiger partial charge in [-0.05, 0) is 35.0 Å². The molecule has 1 heterocycles. The summed E-state index contributed by atoms with van der Waals surface area (Å²) in [4.78, 5) is 0. The Balaban J connectivity index is 2.07. The zero-order valence-electron chi connectivity index (χ0n) is 9.45. The van der Waals surface area contributed by atoms with Gasteiger partial charge >= 0.3 is 0 Å². The molecule has 17 heavy (non-hydrogen) atoms. The summed E-state index contributed by atoms with van der Waals surface area (Å²) in [7, 11) is 0. The third-order valence-electron chi connectivity index (χ3n) is 2.44. The maximum absolute atomic E-state index is 13.5. The first kappa shape index (κ1) is 12.1. The molecule has 0 aliphatic rings. The highest BCUT2D eigenvalue weighted by Gasteiger charge is 2.06. The smallest absolute Gasteiger partial charge is 0.147 e. The lowest BCUT2D eigenvalue weighted by molar-refractivity contribution is 0.629. The van der Waals surface area contributed by atoms with Crippen LogP contribution >= 0.6 is 15.9 Å². The van der Waals surface area contributed by atoms with Gasteiger partial charge in [0.2, 0.25) is 0 Å². The molecular weight excluding hydrogens is 285 g/mol. The van der Waals surface area contributed by atoms with Gasteiger partial charge in [0.1, 0.15) is 5.82 Å². The van der Waals surface area contributed by atoms with Crippen molar-refractivity contribution in [2.45, 2.75) is 20.0 Å². The molecule has 0 unspecified atom stereocenters. The molecule has 1 aromatic heterocycles. The van der Waals surface area contributed by atoms with Gasteiger partial charge in [0.05, 0.1) is 11.9 Å². The fourth-order valence-electron chi connectivity index (χ4n) is 1.53. The molecule has 0 aliphatic carbocycles. The van der Waals surface area contributed by atoms with E-state index in [9.17, 15) is 4.39 Å². The van der Waals surface area contributed by atoms with Crippen LogP contribution < -0.4 is 5.32 Å². The molecular formula is C12H13BrFN3. The van der Waals surface area contributed by atoms with E-state index < -0.39 is 0 Å². The van der Waals surface area contributed by atoms with E-state index in [-0.39, 0.29) is 5.82 Å². The molecule has 0 saturated carbocycles. The van der Waals surface area contributed by atoms with Crippen LogP contribution in [0.5, 0.6) is 0 Å². The largest absolute Gasteiger partial charge is 0.378 e. The van der Waals surface area contributed by atoms with E-state index in [0.717, 1.165) is 16.6 Å². The lowest BCUT2D eigenvalue weighted by Gasteiger charge is -2.08. The number of nitrogens with one attached hydrogen (secondary N) is 1. The van der Waals surface area contributed by atoms with Crippen LogP contribution in [0.25, 0.3) is 0 Å². The van der Waals surface area contributed by atoms with E-state index in [4.69, 9.17) is 0 Å². The Kier molecular flexibility index (Phi) is 3.78. The third-order valence-corrected chi connectivity index (χ3v) is 3.10. The van der Waals surface area contributed by atoms with Crippen molar-refractivity contribution in [3.63, 3.8) is 0 Å². The van der Waals surface area contributed by atoms with Gasteiger partial charge < -0.3 is 5.32 Å². The molecule has 0 bridgehead atoms. The molecule has 1 aromatic carbocycles. The average Bonchev–Trinajstić information content (AvgIpc) is 2.76. The van der Waals surface area contributed by atoms with Gasteiger partial charge in [-0.15, -0.1) is 0 Å². The number of para-hydroxylation sites is 1. The maximum atomic E-state index is 13.5. The molecule has 0 amide bonds. The molecule has 2 rings (SSSR count). The average molecular weight is 298 g/mol. The topological polar surface area (TPSA) is 29.9 Å². The van der Waals surface area contributed by atoms with Crippen molar-refractivity contribution in [3.8, 4) is 0 Å². The van der Waals surface area contributed by atoms with Gasteiger partial charge in [-0.2, -0.15) is 5.10 Å². The van der Waals surface area contributed by atoms with Crippen LogP contribution in [0.4, 0.5) is 10.1 Å². The molecule has 2 aromatic rings. The summed E-state index contributed by atoms with van der Waals surface area (Å²) in [6.45, 7) is 3.42. The van der Waals surface area contributed by atoms with Crippen LogP contribution in [0, 0.1) is 5.82 Å². The van der Waals surface area contributed by atoms with E-state index in [1.54, 1.807) is 18.3 Å². The van der Waals surface area contributed by atoms with Crippen LogP contribution in [-0.4, -0.2) is 9.78 Å². The molecule has 0 saturated heterocycles. The predicted molar refractivity (Wildman–Crippen MR) is 69.3 cm³/mol. The second kappa shape index (κ2) is 5.31. The predicted octanol–water partition coefficient (Wildman–Crippen LogP) is 3.42. The molecule has 1 N–H and O–H groups in total. The number of benzene rings is 1. The van der Waals surface area contributed by atoms with E-state index in [0.29, 0.717) is 12.2 Å². The van der Waals surface area contributed by atoms with Crippen molar-refractivity contribution in [3.05, 3.63) is 46.4 Å². The van der Waals surface area contributed by atoms with Crippen molar-refractivity contribution in [1.29, 1.82) is 0 Å². The lowest BCUT2D eigenvalue weighted by Crippen LogP contribution is -2.01. The minimum Gasteiger partial charge on any atom is -0.378 e. The van der Waals surface area contributed by atoms with Crippen molar-refractivity contribution < 1.29 is 4.39 Å². The molecule has 0 atom stereocenters. The van der Waals surface area contributed by atoms with E-state index in [2.05, 4.69) is 26.3 Å². The van der Waals surface area contributed by atoms with E-state index in [1.807, 2.05) is 17.8 Å². The summed E-state index contributed by atoms with van der Waals surface area (Å²) in [5.74, 6) is -0.262. The SMILES string of the molecule is CCn1cc(CNc2c(F)cccc2Br)cn1. The first-order valence-corrected chi connectivity index (χ1v) is 6.19. The van der Waals surface area contributed by atoms with Crippen molar-refractivity contribution in [2.24, 2.45) is 0 Å². The number of halogens is 2. The summed E-state index contributed by atoms with van der Waals surface area (Å²) in [6.07, 6.45) is 3.73. The molecule has 0 radical (unpaired) electrons. The van der Waals surface area contributed by atoms with Gasteiger partial charge in [-0.1, -0.05) is 6.07 Å². The first-order chi connectivity index (χ1) is 8.20. The number of nitrogens with zero attached hydrogens (tertiary/aromatic N) is 2. The van der Waals surface area contributed by atoms with Crippen molar-refractivity contribution in [2.75, 3.05) is 5.32 Å². The minimum atomic E-state index is -0.262. The quantitative estimate of drug-likeness (QED) is 0.937. The first-order valence-electron chi connectivity index (χ1n) is 5.40. The number of hydrogen-bond donors (Lipinski definition) is 1. The minimum absolute atomic E-state index is 0.262. The lowest BCUT2D eigenvalue weighted by atomic mass is 10.3. The number of rotatable bonds is 4. The molecule has 90 valence electrons. The van der Waals surface area contributed by atoms with Gasteiger partial charge in [0.25, 0.3) is 0 Å². The molecule has 5 heteroatoms. The molecule has 3 nitrogen and oxygen atoms in total. The van der Waals surface area contributed by atoms with E-state index in [1.165, 1.54) is 6.07 Å². The van der Waals surface area contributed by atoms with Gasteiger partial charge in [0.15, 0.2) is 0 Å². The number of hydrogen-bond acceptors (Lipinski definition) is 2. The summed E-state index contributed by atoms with van der Waals surface area (Å²) >= 11 is 3.32. The zero-order valence-corrected chi connectivity index (χ0v) is 11.0. The summed E-state index contributed by atoms with van der Waals surface area (Å²) < 4.78 is 16.1. The highest BCUT2D eigenvalue weighted by atomic mass is 79.9. The molecule has 0 spiro atoms. The Morgan fingerprint density at radius 3 is 2.94 bits per heavy atom. The normalized spacial score (nSPS) is 10.5. The Morgan fingerprint density at radius 2 is 2.29 bits per heavy atom. The second-order valence-electron chi connectivity index (χ2n) is 3.65. The van der Waals surface area contributed by atoms with Crippen LogP contribution in [0.2, 0.25) is 0 Å². The summed E-state index contributed by atoms with van der Waals surface area (Å²) in [5, 5.41) is 7.22. The monoisotopic (exact) mass is 297 g/mol. The van der Waals surface area contributed by atoms with Crippen LogP contribution in [0.15, 0.2) is 35.1 Å². The van der Waals surface area contributed by atoms with Gasteiger partial charge in [-0.3, -0.25) is 4.68 Å². The van der Waals surface area contributed by atoms with Gasteiger partial charge in [-0.25, -0.2) is 4.39 Å². The second-order valence-corrected chi connectivity index (χ2v) is 4.51. The molecule has 0 fully saturated rings. The van der Waals surface area contributed by atoms with Crippen LogP contribution in [-0.2, 0) is 13.1 Å². The van der Waals surface area contributed by atoms with Crippen LogP contribution in [0.1, 0.15) is 12.5 Å².